The van der Waals surface area contributed by atoms with Gasteiger partial charge in [0.1, 0.15) is 0 Å². The Balaban J connectivity index is 1.40. The van der Waals surface area contributed by atoms with Crippen molar-refractivity contribution in [2.24, 2.45) is 0 Å². The molecule has 2 heterocycles. The predicted octanol–water partition coefficient (Wildman–Crippen LogP) is 1.52. The Morgan fingerprint density at radius 1 is 1.00 bits per heavy atom. The molecule has 2 atom stereocenters. The zero-order chi connectivity index (χ0) is 17.2. The van der Waals surface area contributed by atoms with E-state index < -0.39 is 0 Å². The van der Waals surface area contributed by atoms with E-state index in [4.69, 9.17) is 9.47 Å². The van der Waals surface area contributed by atoms with Gasteiger partial charge in [0.25, 0.3) is 5.91 Å². The van der Waals surface area contributed by atoms with Crippen molar-refractivity contribution in [3.63, 3.8) is 0 Å². The number of carbonyl (C=O) groups is 1. The summed E-state index contributed by atoms with van der Waals surface area (Å²) in [5.74, 6) is 1.42. The summed E-state index contributed by atoms with van der Waals surface area (Å²) < 4.78 is 11.3. The maximum absolute atomic E-state index is 12.8. The first-order valence-electron chi connectivity index (χ1n) is 9.33. The summed E-state index contributed by atoms with van der Waals surface area (Å²) in [5.41, 5.74) is 0.651. The highest BCUT2D eigenvalue weighted by Crippen LogP contribution is 2.31. The molecule has 3 aliphatic rings. The van der Waals surface area contributed by atoms with Gasteiger partial charge >= 0.3 is 0 Å². The Labute approximate surface area is 148 Å². The minimum absolute atomic E-state index is 0.0438. The molecule has 1 saturated carbocycles. The largest absolute Gasteiger partial charge is 0.490 e. The molecule has 2 aliphatic heterocycles. The lowest BCUT2D eigenvalue weighted by atomic mass is 10.1. The molecule has 1 aromatic carbocycles. The Kier molecular flexibility index (Phi) is 4.81. The third-order valence-corrected chi connectivity index (χ3v) is 5.51. The molecule has 1 amide bonds. The van der Waals surface area contributed by atoms with Crippen molar-refractivity contribution in [3.8, 4) is 11.5 Å². The Bertz CT molecular complexity index is 628. The van der Waals surface area contributed by atoms with E-state index in [9.17, 15) is 9.90 Å². The molecular weight excluding hydrogens is 320 g/mol. The quantitative estimate of drug-likeness (QED) is 0.880. The van der Waals surface area contributed by atoms with Crippen LogP contribution in [0.25, 0.3) is 0 Å². The number of aliphatic hydroxyl groups is 1. The van der Waals surface area contributed by atoms with Crippen LogP contribution < -0.4 is 9.47 Å². The second kappa shape index (κ2) is 7.22. The molecule has 1 N–H and O–H groups in total. The third-order valence-electron chi connectivity index (χ3n) is 5.51. The molecular formula is C19H26N2O4. The first kappa shape index (κ1) is 16.7. The van der Waals surface area contributed by atoms with Crippen LogP contribution in [0.4, 0.5) is 0 Å². The number of rotatable bonds is 2. The number of carbonyl (C=O) groups excluding carboxylic acids is 1. The Morgan fingerprint density at radius 2 is 1.76 bits per heavy atom. The molecule has 4 rings (SSSR count). The van der Waals surface area contributed by atoms with E-state index in [-0.39, 0.29) is 18.1 Å². The number of piperazine rings is 1. The first-order chi connectivity index (χ1) is 12.2. The molecule has 1 saturated heterocycles. The maximum atomic E-state index is 12.8. The lowest BCUT2D eigenvalue weighted by Gasteiger charge is -2.39. The monoisotopic (exact) mass is 346 g/mol. The number of hydrogen-bond acceptors (Lipinski definition) is 5. The SMILES string of the molecule is O=C(c1ccc2c(c1)OCCCO2)N1CCN([C@@H]2CCC[C@H]2O)CC1. The van der Waals surface area contributed by atoms with E-state index in [0.29, 0.717) is 43.4 Å². The molecule has 6 nitrogen and oxygen atoms in total. The maximum Gasteiger partial charge on any atom is 0.254 e. The van der Waals surface area contributed by atoms with E-state index in [1.165, 1.54) is 0 Å². The summed E-state index contributed by atoms with van der Waals surface area (Å²) in [7, 11) is 0. The summed E-state index contributed by atoms with van der Waals surface area (Å²) in [6.45, 7) is 4.34. The average Bonchev–Trinajstić information content (AvgIpc) is 2.93. The fourth-order valence-corrected chi connectivity index (χ4v) is 4.08. The van der Waals surface area contributed by atoms with Crippen molar-refractivity contribution in [2.75, 3.05) is 39.4 Å². The highest BCUT2D eigenvalue weighted by molar-refractivity contribution is 5.95. The fourth-order valence-electron chi connectivity index (χ4n) is 4.08. The van der Waals surface area contributed by atoms with Crippen LogP contribution in [0.15, 0.2) is 18.2 Å². The van der Waals surface area contributed by atoms with Crippen LogP contribution in [0.3, 0.4) is 0 Å². The average molecular weight is 346 g/mol. The number of hydrogen-bond donors (Lipinski definition) is 1. The van der Waals surface area contributed by atoms with E-state index in [0.717, 1.165) is 38.8 Å². The highest BCUT2D eigenvalue weighted by atomic mass is 16.5. The zero-order valence-corrected chi connectivity index (χ0v) is 14.5. The normalized spacial score (nSPS) is 27.2. The van der Waals surface area contributed by atoms with Gasteiger partial charge in [-0.1, -0.05) is 0 Å². The van der Waals surface area contributed by atoms with Crippen LogP contribution >= 0.6 is 0 Å². The predicted molar refractivity (Wildman–Crippen MR) is 93.2 cm³/mol. The van der Waals surface area contributed by atoms with Crippen LogP contribution in [0.1, 0.15) is 36.0 Å². The van der Waals surface area contributed by atoms with Gasteiger partial charge in [0, 0.05) is 44.2 Å². The summed E-state index contributed by atoms with van der Waals surface area (Å²) in [4.78, 5) is 17.1. The summed E-state index contributed by atoms with van der Waals surface area (Å²) >= 11 is 0. The summed E-state index contributed by atoms with van der Waals surface area (Å²) in [6.07, 6.45) is 3.72. The second-order valence-corrected chi connectivity index (χ2v) is 7.11. The molecule has 25 heavy (non-hydrogen) atoms. The molecule has 2 fully saturated rings. The highest BCUT2D eigenvalue weighted by Gasteiger charge is 2.33. The van der Waals surface area contributed by atoms with Gasteiger partial charge < -0.3 is 19.5 Å². The number of amides is 1. The van der Waals surface area contributed by atoms with E-state index >= 15 is 0 Å². The summed E-state index contributed by atoms with van der Waals surface area (Å²) in [6, 6.07) is 5.73. The van der Waals surface area contributed by atoms with Crippen LogP contribution in [-0.2, 0) is 0 Å². The standard InChI is InChI=1S/C19H26N2O4/c22-16-4-1-3-15(16)20-7-9-21(10-8-20)19(23)14-5-6-17-18(13-14)25-12-2-11-24-17/h5-6,13,15-16,22H,1-4,7-12H2/t15-,16-/m1/s1. The van der Waals surface area contributed by atoms with Gasteiger partial charge in [-0.2, -0.15) is 0 Å². The van der Waals surface area contributed by atoms with E-state index in [1.54, 1.807) is 6.07 Å². The van der Waals surface area contributed by atoms with Crippen molar-refractivity contribution < 1.29 is 19.4 Å². The molecule has 6 heteroatoms. The van der Waals surface area contributed by atoms with Crippen molar-refractivity contribution in [1.29, 1.82) is 0 Å². The van der Waals surface area contributed by atoms with Crippen molar-refractivity contribution >= 4 is 5.91 Å². The van der Waals surface area contributed by atoms with Gasteiger partial charge in [-0.05, 0) is 37.5 Å². The number of aliphatic hydroxyl groups excluding tert-OH is 1. The Morgan fingerprint density at radius 3 is 2.48 bits per heavy atom. The molecule has 136 valence electrons. The van der Waals surface area contributed by atoms with Gasteiger partial charge in [0.05, 0.1) is 19.3 Å². The van der Waals surface area contributed by atoms with Crippen molar-refractivity contribution in [2.45, 2.75) is 37.8 Å². The summed E-state index contributed by atoms with van der Waals surface area (Å²) in [5, 5.41) is 10.1. The van der Waals surface area contributed by atoms with Crippen molar-refractivity contribution in [1.82, 2.24) is 9.80 Å². The molecule has 0 aromatic heterocycles. The smallest absolute Gasteiger partial charge is 0.254 e. The molecule has 0 spiro atoms. The molecule has 1 aliphatic carbocycles. The lowest BCUT2D eigenvalue weighted by molar-refractivity contribution is 0.0315. The van der Waals surface area contributed by atoms with Crippen LogP contribution in [-0.4, -0.2) is 72.4 Å². The van der Waals surface area contributed by atoms with Crippen LogP contribution in [0, 0.1) is 0 Å². The number of nitrogens with zero attached hydrogens (tertiary/aromatic N) is 2. The minimum atomic E-state index is -0.205. The minimum Gasteiger partial charge on any atom is -0.490 e. The molecule has 0 radical (unpaired) electrons. The van der Waals surface area contributed by atoms with Crippen molar-refractivity contribution in [3.05, 3.63) is 23.8 Å². The van der Waals surface area contributed by atoms with Crippen LogP contribution in [0.2, 0.25) is 0 Å². The molecule has 0 unspecified atom stereocenters. The lowest BCUT2D eigenvalue weighted by Crippen LogP contribution is -2.53. The number of fused-ring (bicyclic) bond motifs is 1. The number of benzene rings is 1. The van der Waals surface area contributed by atoms with E-state index in [1.807, 2.05) is 17.0 Å². The van der Waals surface area contributed by atoms with Crippen LogP contribution in [0.5, 0.6) is 11.5 Å². The van der Waals surface area contributed by atoms with Gasteiger partial charge in [0.2, 0.25) is 0 Å². The zero-order valence-electron chi connectivity index (χ0n) is 14.5. The topological polar surface area (TPSA) is 62.2 Å². The Hall–Kier alpha value is -1.79. The van der Waals surface area contributed by atoms with Gasteiger partial charge in [-0.3, -0.25) is 9.69 Å². The number of ether oxygens (including phenoxy) is 2. The third kappa shape index (κ3) is 3.46. The van der Waals surface area contributed by atoms with E-state index in [2.05, 4.69) is 4.90 Å². The molecule has 0 bridgehead atoms. The van der Waals surface area contributed by atoms with Gasteiger partial charge in [0.15, 0.2) is 11.5 Å². The second-order valence-electron chi connectivity index (χ2n) is 7.11. The van der Waals surface area contributed by atoms with Gasteiger partial charge in [-0.15, -0.1) is 0 Å². The first-order valence-corrected chi connectivity index (χ1v) is 9.33. The van der Waals surface area contributed by atoms with Gasteiger partial charge in [-0.25, -0.2) is 0 Å². The molecule has 1 aromatic rings. The fraction of sp³-hybridized carbons (Fsp3) is 0.632.